The molecule has 0 atom stereocenters. The predicted octanol–water partition coefficient (Wildman–Crippen LogP) is 3.44. The monoisotopic (exact) mass is 319 g/mol. The van der Waals surface area contributed by atoms with E-state index in [1.807, 2.05) is 12.1 Å². The van der Waals surface area contributed by atoms with Crippen molar-refractivity contribution in [2.24, 2.45) is 0 Å². The zero-order valence-electron chi connectivity index (χ0n) is 13.5. The van der Waals surface area contributed by atoms with E-state index in [-0.39, 0.29) is 11.8 Å². The van der Waals surface area contributed by atoms with Gasteiger partial charge in [0.1, 0.15) is 0 Å². The Morgan fingerprint density at radius 3 is 2.00 bits per heavy atom. The average Bonchev–Trinajstić information content (AvgIpc) is 2.90. The second-order valence-corrected chi connectivity index (χ2v) is 5.45. The normalized spacial score (nSPS) is 10.4. The third-order valence-corrected chi connectivity index (χ3v) is 3.78. The molecule has 3 aromatic rings. The smallest absolute Gasteiger partial charge is 0.278 e. The molecule has 0 fully saturated rings. The first kappa shape index (κ1) is 15.7. The van der Waals surface area contributed by atoms with E-state index in [1.165, 1.54) is 4.68 Å². The van der Waals surface area contributed by atoms with E-state index in [0.29, 0.717) is 28.2 Å². The number of anilines is 1. The minimum Gasteiger partial charge on any atom is -0.319 e. The van der Waals surface area contributed by atoms with Crippen molar-refractivity contribution in [3.8, 4) is 0 Å². The van der Waals surface area contributed by atoms with Crippen molar-refractivity contribution >= 4 is 17.5 Å². The van der Waals surface area contributed by atoms with Crippen LogP contribution in [0.15, 0.2) is 60.7 Å². The predicted molar refractivity (Wildman–Crippen MR) is 92.3 cm³/mol. The highest BCUT2D eigenvalue weighted by Crippen LogP contribution is 2.21. The number of amides is 1. The molecule has 5 heteroatoms. The van der Waals surface area contributed by atoms with Crippen molar-refractivity contribution in [1.29, 1.82) is 0 Å². The zero-order valence-corrected chi connectivity index (χ0v) is 13.5. The molecule has 1 aromatic heterocycles. The zero-order chi connectivity index (χ0) is 17.1. The Labute approximate surface area is 139 Å². The van der Waals surface area contributed by atoms with Crippen LogP contribution < -0.4 is 5.32 Å². The lowest BCUT2D eigenvalue weighted by molar-refractivity contribution is 0.0941. The van der Waals surface area contributed by atoms with Crippen LogP contribution in [0.3, 0.4) is 0 Å². The highest BCUT2D eigenvalue weighted by Gasteiger charge is 2.19. The van der Waals surface area contributed by atoms with Gasteiger partial charge in [0.15, 0.2) is 0 Å². The summed E-state index contributed by atoms with van der Waals surface area (Å²) in [6, 6.07) is 17.9. The van der Waals surface area contributed by atoms with Gasteiger partial charge in [-0.3, -0.25) is 9.59 Å². The Morgan fingerprint density at radius 2 is 1.42 bits per heavy atom. The summed E-state index contributed by atoms with van der Waals surface area (Å²) in [5, 5.41) is 7.13. The fourth-order valence-corrected chi connectivity index (χ4v) is 2.50. The van der Waals surface area contributed by atoms with Gasteiger partial charge in [0.2, 0.25) is 0 Å². The van der Waals surface area contributed by atoms with E-state index in [4.69, 9.17) is 0 Å². The Hall–Kier alpha value is -3.21. The fourth-order valence-electron chi connectivity index (χ4n) is 2.50. The van der Waals surface area contributed by atoms with Gasteiger partial charge in [-0.1, -0.05) is 36.4 Å². The van der Waals surface area contributed by atoms with Crippen LogP contribution in [-0.4, -0.2) is 21.6 Å². The lowest BCUT2D eigenvalue weighted by Crippen LogP contribution is -2.16. The molecule has 0 aliphatic rings. The Morgan fingerprint density at radius 1 is 0.875 bits per heavy atom. The SMILES string of the molecule is Cc1nn(C(=O)c2ccccc2)c(C)c1NC(=O)c1ccccc1. The summed E-state index contributed by atoms with van der Waals surface area (Å²) in [7, 11) is 0. The fraction of sp³-hybridized carbons (Fsp3) is 0.105. The quantitative estimate of drug-likeness (QED) is 0.804. The van der Waals surface area contributed by atoms with Crippen LogP contribution in [0.25, 0.3) is 0 Å². The first-order chi connectivity index (χ1) is 11.6. The largest absolute Gasteiger partial charge is 0.319 e. The molecule has 0 saturated heterocycles. The first-order valence-corrected chi connectivity index (χ1v) is 7.60. The van der Waals surface area contributed by atoms with Crippen molar-refractivity contribution < 1.29 is 9.59 Å². The molecular weight excluding hydrogens is 302 g/mol. The minimum atomic E-state index is -0.228. The molecule has 2 aromatic carbocycles. The summed E-state index contributed by atoms with van der Waals surface area (Å²) in [6.07, 6.45) is 0. The number of hydrogen-bond donors (Lipinski definition) is 1. The number of benzene rings is 2. The number of hydrogen-bond acceptors (Lipinski definition) is 3. The van der Waals surface area contributed by atoms with Crippen molar-refractivity contribution in [3.05, 3.63) is 83.2 Å². The summed E-state index contributed by atoms with van der Waals surface area (Å²) in [6.45, 7) is 3.53. The molecule has 5 nitrogen and oxygen atoms in total. The first-order valence-electron chi connectivity index (χ1n) is 7.60. The number of carbonyl (C=O) groups is 2. The van der Waals surface area contributed by atoms with Gasteiger partial charge in [0.25, 0.3) is 11.8 Å². The molecule has 1 amide bonds. The lowest BCUT2D eigenvalue weighted by atomic mass is 10.2. The van der Waals surface area contributed by atoms with Gasteiger partial charge in [0, 0.05) is 11.1 Å². The highest BCUT2D eigenvalue weighted by molar-refractivity contribution is 6.05. The Kier molecular flexibility index (Phi) is 4.24. The second-order valence-electron chi connectivity index (χ2n) is 5.45. The molecule has 0 bridgehead atoms. The number of aromatic nitrogens is 2. The van der Waals surface area contributed by atoms with Crippen LogP contribution in [0.2, 0.25) is 0 Å². The highest BCUT2D eigenvalue weighted by atomic mass is 16.2. The maximum atomic E-state index is 12.6. The molecule has 0 saturated carbocycles. The van der Waals surface area contributed by atoms with Gasteiger partial charge < -0.3 is 5.32 Å². The average molecular weight is 319 g/mol. The van der Waals surface area contributed by atoms with E-state index in [1.54, 1.807) is 62.4 Å². The minimum absolute atomic E-state index is 0.226. The number of aryl methyl sites for hydroxylation is 1. The number of carbonyl (C=O) groups excluding carboxylic acids is 2. The summed E-state index contributed by atoms with van der Waals surface area (Å²) < 4.78 is 1.32. The van der Waals surface area contributed by atoms with Crippen LogP contribution in [0.4, 0.5) is 5.69 Å². The van der Waals surface area contributed by atoms with Crippen molar-refractivity contribution in [2.45, 2.75) is 13.8 Å². The topological polar surface area (TPSA) is 64.0 Å². The molecule has 120 valence electrons. The van der Waals surface area contributed by atoms with Crippen LogP contribution in [-0.2, 0) is 0 Å². The molecule has 24 heavy (non-hydrogen) atoms. The van der Waals surface area contributed by atoms with Crippen molar-refractivity contribution in [2.75, 3.05) is 5.32 Å². The maximum absolute atomic E-state index is 12.6. The standard InChI is InChI=1S/C19H17N3O2/c1-13-17(20-18(23)15-9-5-3-6-10-15)14(2)22(21-13)19(24)16-11-7-4-8-12-16/h3-12H,1-2H3,(H,20,23). The van der Waals surface area contributed by atoms with Gasteiger partial charge in [0.05, 0.1) is 17.1 Å². The van der Waals surface area contributed by atoms with E-state index < -0.39 is 0 Å². The van der Waals surface area contributed by atoms with E-state index in [0.717, 1.165) is 0 Å². The van der Waals surface area contributed by atoms with Crippen molar-refractivity contribution in [3.63, 3.8) is 0 Å². The molecule has 1 N–H and O–H groups in total. The van der Waals surface area contributed by atoms with Crippen LogP contribution in [0.5, 0.6) is 0 Å². The van der Waals surface area contributed by atoms with E-state index >= 15 is 0 Å². The summed E-state index contributed by atoms with van der Waals surface area (Å²) in [5.74, 6) is -0.454. The summed E-state index contributed by atoms with van der Waals surface area (Å²) in [5.41, 5.74) is 2.86. The number of nitrogens with one attached hydrogen (secondary N) is 1. The molecule has 0 aliphatic heterocycles. The number of rotatable bonds is 3. The van der Waals surface area contributed by atoms with E-state index in [9.17, 15) is 9.59 Å². The van der Waals surface area contributed by atoms with Crippen LogP contribution in [0.1, 0.15) is 32.1 Å². The molecule has 0 spiro atoms. The van der Waals surface area contributed by atoms with Gasteiger partial charge in [-0.2, -0.15) is 9.78 Å². The molecule has 0 radical (unpaired) electrons. The molecule has 1 heterocycles. The van der Waals surface area contributed by atoms with Crippen LogP contribution in [0, 0.1) is 13.8 Å². The second kappa shape index (κ2) is 6.50. The van der Waals surface area contributed by atoms with Gasteiger partial charge in [-0.05, 0) is 38.1 Å². The molecule has 3 rings (SSSR count). The molecule has 0 aliphatic carbocycles. The van der Waals surface area contributed by atoms with Crippen LogP contribution >= 0.6 is 0 Å². The summed E-state index contributed by atoms with van der Waals surface area (Å²) >= 11 is 0. The van der Waals surface area contributed by atoms with Crippen molar-refractivity contribution in [1.82, 2.24) is 9.78 Å². The van der Waals surface area contributed by atoms with Gasteiger partial charge in [-0.15, -0.1) is 0 Å². The maximum Gasteiger partial charge on any atom is 0.278 e. The lowest BCUT2D eigenvalue weighted by Gasteiger charge is -2.06. The number of nitrogens with zero attached hydrogens (tertiary/aromatic N) is 2. The van der Waals surface area contributed by atoms with Gasteiger partial charge >= 0.3 is 0 Å². The summed E-state index contributed by atoms with van der Waals surface area (Å²) in [4.78, 5) is 24.9. The molecular formula is C19H17N3O2. The Balaban J connectivity index is 1.90. The van der Waals surface area contributed by atoms with E-state index in [2.05, 4.69) is 10.4 Å². The van der Waals surface area contributed by atoms with Gasteiger partial charge in [-0.25, -0.2) is 0 Å². The third-order valence-electron chi connectivity index (χ3n) is 3.78. The molecule has 0 unspecified atom stereocenters. The Bertz CT molecular complexity index is 884. The third kappa shape index (κ3) is 2.96.